The number of halogens is 1. The summed E-state index contributed by atoms with van der Waals surface area (Å²) in [4.78, 5) is 18.8. The lowest BCUT2D eigenvalue weighted by Gasteiger charge is -2.30. The van der Waals surface area contributed by atoms with Gasteiger partial charge in [0.2, 0.25) is 0 Å². The van der Waals surface area contributed by atoms with Crippen molar-refractivity contribution in [2.75, 3.05) is 6.61 Å². The number of carbonyl (C=O) groups excluding carboxylic acids is 1. The zero-order chi connectivity index (χ0) is 16.8. The topological polar surface area (TPSA) is 53.4 Å². The van der Waals surface area contributed by atoms with E-state index in [0.717, 1.165) is 11.3 Å². The van der Waals surface area contributed by atoms with Crippen LogP contribution in [0.2, 0.25) is 5.02 Å². The van der Waals surface area contributed by atoms with Gasteiger partial charge in [-0.3, -0.25) is 9.78 Å². The van der Waals surface area contributed by atoms with Crippen LogP contribution in [0.4, 0.5) is 0 Å². The first-order valence-corrected chi connectivity index (χ1v) is 8.02. The smallest absolute Gasteiger partial charge is 0.254 e. The van der Waals surface area contributed by atoms with E-state index in [4.69, 9.17) is 11.6 Å². The summed E-state index contributed by atoms with van der Waals surface area (Å²) in [5.74, 6) is -0.154. The predicted octanol–water partition coefficient (Wildman–Crippen LogP) is 3.46. The Morgan fingerprint density at radius 1 is 1.35 bits per heavy atom. The molecule has 1 amide bonds. The molecule has 0 fully saturated rings. The number of nitrogens with zero attached hydrogens (tertiary/aromatic N) is 2. The van der Waals surface area contributed by atoms with Crippen molar-refractivity contribution in [2.24, 2.45) is 0 Å². The number of hydrogen-bond acceptors (Lipinski definition) is 3. The van der Waals surface area contributed by atoms with Crippen molar-refractivity contribution in [3.05, 3.63) is 64.4 Å². The molecular formula is C18H21ClN2O2. The number of aryl methyl sites for hydroxylation is 1. The quantitative estimate of drug-likeness (QED) is 0.881. The largest absolute Gasteiger partial charge is 0.394 e. The Morgan fingerprint density at radius 2 is 2.13 bits per heavy atom. The number of aliphatic hydroxyl groups excluding tert-OH is 1. The fraction of sp³-hybridized carbons (Fsp3) is 0.333. The van der Waals surface area contributed by atoms with E-state index in [-0.39, 0.29) is 18.6 Å². The second-order valence-corrected chi connectivity index (χ2v) is 5.87. The minimum Gasteiger partial charge on any atom is -0.394 e. The van der Waals surface area contributed by atoms with Crippen molar-refractivity contribution in [3.63, 3.8) is 0 Å². The summed E-state index contributed by atoms with van der Waals surface area (Å²) in [6.07, 6.45) is 2.36. The van der Waals surface area contributed by atoms with Gasteiger partial charge in [-0.2, -0.15) is 0 Å². The zero-order valence-electron chi connectivity index (χ0n) is 13.4. The average molecular weight is 333 g/mol. The van der Waals surface area contributed by atoms with Gasteiger partial charge >= 0.3 is 0 Å². The fourth-order valence-electron chi connectivity index (χ4n) is 2.37. The molecule has 122 valence electrons. The monoisotopic (exact) mass is 332 g/mol. The van der Waals surface area contributed by atoms with Gasteiger partial charge in [-0.15, -0.1) is 0 Å². The number of carbonyl (C=O) groups is 1. The van der Waals surface area contributed by atoms with Crippen LogP contribution in [-0.2, 0) is 6.54 Å². The number of benzene rings is 1. The number of aliphatic hydroxyl groups is 1. The Morgan fingerprint density at radius 3 is 2.70 bits per heavy atom. The number of pyridine rings is 1. The van der Waals surface area contributed by atoms with Gasteiger partial charge in [-0.25, -0.2) is 0 Å². The molecule has 1 N–H and O–H groups in total. The molecule has 1 heterocycles. The van der Waals surface area contributed by atoms with Gasteiger partial charge in [0.25, 0.3) is 5.91 Å². The van der Waals surface area contributed by atoms with Crippen LogP contribution >= 0.6 is 11.6 Å². The second-order valence-electron chi connectivity index (χ2n) is 5.46. The Hall–Kier alpha value is -1.91. The second kappa shape index (κ2) is 8.09. The lowest BCUT2D eigenvalue weighted by Crippen LogP contribution is -2.41. The van der Waals surface area contributed by atoms with Gasteiger partial charge in [0, 0.05) is 16.8 Å². The molecule has 23 heavy (non-hydrogen) atoms. The highest BCUT2D eigenvalue weighted by atomic mass is 35.5. The molecule has 0 radical (unpaired) electrons. The van der Waals surface area contributed by atoms with E-state index >= 15 is 0 Å². The van der Waals surface area contributed by atoms with Gasteiger partial charge < -0.3 is 10.0 Å². The van der Waals surface area contributed by atoms with E-state index in [1.165, 1.54) is 0 Å². The predicted molar refractivity (Wildman–Crippen MR) is 91.5 cm³/mol. The molecule has 0 aliphatic heterocycles. The molecule has 0 saturated heterocycles. The van der Waals surface area contributed by atoms with Crippen molar-refractivity contribution < 1.29 is 9.90 Å². The third kappa shape index (κ3) is 4.30. The van der Waals surface area contributed by atoms with E-state index in [1.54, 1.807) is 23.2 Å². The molecule has 0 bridgehead atoms. The minimum absolute atomic E-state index is 0.0886. The van der Waals surface area contributed by atoms with Crippen LogP contribution in [0.1, 0.15) is 35.0 Å². The summed E-state index contributed by atoms with van der Waals surface area (Å²) in [6, 6.07) is 10.6. The zero-order valence-corrected chi connectivity index (χ0v) is 14.1. The molecule has 0 spiro atoms. The van der Waals surface area contributed by atoms with Crippen molar-refractivity contribution in [1.82, 2.24) is 9.88 Å². The summed E-state index contributed by atoms with van der Waals surface area (Å²) in [7, 11) is 0. The first kappa shape index (κ1) is 17.4. The van der Waals surface area contributed by atoms with Crippen molar-refractivity contribution in [2.45, 2.75) is 32.9 Å². The van der Waals surface area contributed by atoms with Crippen LogP contribution in [0.25, 0.3) is 0 Å². The van der Waals surface area contributed by atoms with Crippen molar-refractivity contribution >= 4 is 17.5 Å². The average Bonchev–Trinajstić information content (AvgIpc) is 2.58. The maximum absolute atomic E-state index is 12.9. The van der Waals surface area contributed by atoms with Gasteiger partial charge in [-0.05, 0) is 43.2 Å². The summed E-state index contributed by atoms with van der Waals surface area (Å²) in [5, 5.41) is 10.2. The molecular weight excluding hydrogens is 312 g/mol. The standard InChI is InChI=1S/C18H21ClN2O2/c1-3-16(12-22)21(11-15-6-4-5-9-20-15)18(23)14-8-7-13(2)17(19)10-14/h4-10,16,22H,3,11-12H2,1-2H3. The summed E-state index contributed by atoms with van der Waals surface area (Å²) in [5.41, 5.74) is 2.23. The Labute approximate surface area is 141 Å². The molecule has 2 aromatic rings. The van der Waals surface area contributed by atoms with E-state index in [2.05, 4.69) is 4.98 Å². The molecule has 0 aliphatic rings. The van der Waals surface area contributed by atoms with Crippen molar-refractivity contribution in [1.29, 1.82) is 0 Å². The molecule has 0 saturated carbocycles. The van der Waals surface area contributed by atoms with Gasteiger partial charge in [0.15, 0.2) is 0 Å². The van der Waals surface area contributed by atoms with Crippen LogP contribution < -0.4 is 0 Å². The van der Waals surface area contributed by atoms with Gasteiger partial charge in [-0.1, -0.05) is 30.7 Å². The summed E-state index contributed by atoms with van der Waals surface area (Å²) >= 11 is 6.14. The van der Waals surface area contributed by atoms with Crippen LogP contribution in [0.15, 0.2) is 42.6 Å². The van der Waals surface area contributed by atoms with Gasteiger partial charge in [0.1, 0.15) is 0 Å². The number of hydrogen-bond donors (Lipinski definition) is 1. The summed E-state index contributed by atoms with van der Waals surface area (Å²) < 4.78 is 0. The molecule has 2 rings (SSSR count). The van der Waals surface area contributed by atoms with E-state index in [9.17, 15) is 9.90 Å². The highest BCUT2D eigenvalue weighted by molar-refractivity contribution is 6.31. The number of amides is 1. The molecule has 1 aromatic carbocycles. The Balaban J connectivity index is 2.31. The first-order valence-electron chi connectivity index (χ1n) is 7.64. The maximum atomic E-state index is 12.9. The third-order valence-corrected chi connectivity index (χ3v) is 4.27. The van der Waals surface area contributed by atoms with Crippen LogP contribution in [0, 0.1) is 6.92 Å². The van der Waals surface area contributed by atoms with Crippen molar-refractivity contribution in [3.8, 4) is 0 Å². The Bertz CT molecular complexity index is 657. The van der Waals surface area contributed by atoms with E-state index < -0.39 is 0 Å². The van der Waals surface area contributed by atoms with Crippen LogP contribution in [0.5, 0.6) is 0 Å². The number of rotatable bonds is 6. The van der Waals surface area contributed by atoms with Crippen LogP contribution in [0.3, 0.4) is 0 Å². The van der Waals surface area contributed by atoms with Gasteiger partial charge in [0.05, 0.1) is 24.9 Å². The maximum Gasteiger partial charge on any atom is 0.254 e. The molecule has 5 heteroatoms. The van der Waals surface area contributed by atoms with E-state index in [0.29, 0.717) is 23.6 Å². The molecule has 1 atom stereocenters. The SMILES string of the molecule is CCC(CO)N(Cc1ccccn1)C(=O)c1ccc(C)c(Cl)c1. The van der Waals surface area contributed by atoms with E-state index in [1.807, 2.05) is 38.1 Å². The highest BCUT2D eigenvalue weighted by Crippen LogP contribution is 2.20. The first-order chi connectivity index (χ1) is 11.1. The lowest BCUT2D eigenvalue weighted by molar-refractivity contribution is 0.0560. The lowest BCUT2D eigenvalue weighted by atomic mass is 10.1. The molecule has 4 nitrogen and oxygen atoms in total. The fourth-order valence-corrected chi connectivity index (χ4v) is 2.55. The van der Waals surface area contributed by atoms with Crippen LogP contribution in [-0.4, -0.2) is 33.5 Å². The Kier molecular flexibility index (Phi) is 6.13. The highest BCUT2D eigenvalue weighted by Gasteiger charge is 2.24. The minimum atomic E-state index is -0.260. The summed E-state index contributed by atoms with van der Waals surface area (Å²) in [6.45, 7) is 4.10. The third-order valence-electron chi connectivity index (χ3n) is 3.86. The normalized spacial score (nSPS) is 12.0. The molecule has 1 aromatic heterocycles. The molecule has 0 aliphatic carbocycles. The molecule has 1 unspecified atom stereocenters. The number of aromatic nitrogens is 1.